The fourth-order valence-electron chi connectivity index (χ4n) is 1.69. The van der Waals surface area contributed by atoms with Crippen molar-refractivity contribution in [3.63, 3.8) is 0 Å². The molecule has 3 N–H and O–H groups in total. The minimum absolute atomic E-state index is 0.0769. The summed E-state index contributed by atoms with van der Waals surface area (Å²) in [6.07, 6.45) is 6.27. The van der Waals surface area contributed by atoms with Crippen molar-refractivity contribution >= 4 is 17.2 Å². The van der Waals surface area contributed by atoms with Gasteiger partial charge in [-0.3, -0.25) is 4.79 Å². The predicted molar refractivity (Wildman–Crippen MR) is 79.4 cm³/mol. The lowest BCUT2D eigenvalue weighted by Crippen LogP contribution is -2.25. The van der Waals surface area contributed by atoms with Gasteiger partial charge in [-0.25, -0.2) is 4.98 Å². The van der Waals surface area contributed by atoms with Crippen molar-refractivity contribution in [1.82, 2.24) is 14.9 Å². The molecule has 2 aromatic heterocycles. The van der Waals surface area contributed by atoms with Crippen molar-refractivity contribution in [3.05, 3.63) is 40.6 Å². The SMILES string of the molecule is NCC#Cc1ccsc1C(=O)NCCCn1ccnc1. The maximum atomic E-state index is 12.0. The molecule has 0 unspecified atom stereocenters. The highest BCUT2D eigenvalue weighted by atomic mass is 32.1. The van der Waals surface area contributed by atoms with E-state index < -0.39 is 0 Å². The molecular formula is C14H16N4OS. The molecular weight excluding hydrogens is 272 g/mol. The number of hydrogen-bond donors (Lipinski definition) is 2. The van der Waals surface area contributed by atoms with Gasteiger partial charge >= 0.3 is 0 Å². The summed E-state index contributed by atoms with van der Waals surface area (Å²) < 4.78 is 1.98. The fraction of sp³-hybridized carbons (Fsp3) is 0.286. The first-order valence-electron chi connectivity index (χ1n) is 6.31. The zero-order chi connectivity index (χ0) is 14.2. The third-order valence-corrected chi connectivity index (χ3v) is 3.55. The zero-order valence-corrected chi connectivity index (χ0v) is 11.8. The highest BCUT2D eigenvalue weighted by Gasteiger charge is 2.10. The van der Waals surface area contributed by atoms with Crippen molar-refractivity contribution in [2.24, 2.45) is 5.73 Å². The quantitative estimate of drug-likeness (QED) is 0.638. The van der Waals surface area contributed by atoms with Crippen molar-refractivity contribution in [3.8, 4) is 11.8 Å². The summed E-state index contributed by atoms with van der Waals surface area (Å²) in [7, 11) is 0. The maximum Gasteiger partial charge on any atom is 0.262 e. The maximum absolute atomic E-state index is 12.0. The Morgan fingerprint density at radius 2 is 2.45 bits per heavy atom. The average molecular weight is 288 g/mol. The number of nitrogens with one attached hydrogen (secondary N) is 1. The molecule has 20 heavy (non-hydrogen) atoms. The Morgan fingerprint density at radius 1 is 1.55 bits per heavy atom. The second kappa shape index (κ2) is 7.48. The van der Waals surface area contributed by atoms with Gasteiger partial charge in [0.2, 0.25) is 0 Å². The van der Waals surface area contributed by atoms with Crippen LogP contribution in [0.15, 0.2) is 30.2 Å². The molecule has 0 fully saturated rings. The van der Waals surface area contributed by atoms with E-state index in [1.807, 2.05) is 22.2 Å². The largest absolute Gasteiger partial charge is 0.351 e. The van der Waals surface area contributed by atoms with E-state index >= 15 is 0 Å². The summed E-state index contributed by atoms with van der Waals surface area (Å²) >= 11 is 1.39. The second-order valence-electron chi connectivity index (χ2n) is 4.08. The summed E-state index contributed by atoms with van der Waals surface area (Å²) in [6.45, 7) is 1.75. The van der Waals surface area contributed by atoms with Crippen LogP contribution in [0.2, 0.25) is 0 Å². The smallest absolute Gasteiger partial charge is 0.262 e. The van der Waals surface area contributed by atoms with Crippen LogP contribution in [0, 0.1) is 11.8 Å². The van der Waals surface area contributed by atoms with E-state index in [9.17, 15) is 4.79 Å². The van der Waals surface area contributed by atoms with Crippen LogP contribution >= 0.6 is 11.3 Å². The lowest BCUT2D eigenvalue weighted by molar-refractivity contribution is 0.0956. The molecule has 5 nitrogen and oxygen atoms in total. The Hall–Kier alpha value is -2.10. The van der Waals surface area contributed by atoms with E-state index in [4.69, 9.17) is 5.73 Å². The van der Waals surface area contributed by atoms with E-state index in [0.29, 0.717) is 18.0 Å². The van der Waals surface area contributed by atoms with Crippen LogP contribution in [-0.4, -0.2) is 28.5 Å². The molecule has 0 aliphatic carbocycles. The number of nitrogens with zero attached hydrogens (tertiary/aromatic N) is 2. The van der Waals surface area contributed by atoms with Crippen LogP contribution < -0.4 is 11.1 Å². The normalized spacial score (nSPS) is 9.85. The molecule has 1 amide bonds. The highest BCUT2D eigenvalue weighted by molar-refractivity contribution is 7.12. The first-order chi connectivity index (χ1) is 9.81. The van der Waals surface area contributed by atoms with Crippen LogP contribution in [0.5, 0.6) is 0 Å². The van der Waals surface area contributed by atoms with E-state index in [1.54, 1.807) is 12.5 Å². The summed E-state index contributed by atoms with van der Waals surface area (Å²) in [6, 6.07) is 1.84. The van der Waals surface area contributed by atoms with Crippen molar-refractivity contribution in [2.45, 2.75) is 13.0 Å². The van der Waals surface area contributed by atoms with Gasteiger partial charge in [-0.1, -0.05) is 11.8 Å². The number of aromatic nitrogens is 2. The summed E-state index contributed by atoms with van der Waals surface area (Å²) in [5.41, 5.74) is 6.08. The second-order valence-corrected chi connectivity index (χ2v) is 5.00. The number of rotatable bonds is 5. The van der Waals surface area contributed by atoms with E-state index in [2.05, 4.69) is 22.1 Å². The molecule has 0 bridgehead atoms. The lowest BCUT2D eigenvalue weighted by Gasteiger charge is -2.05. The monoisotopic (exact) mass is 288 g/mol. The predicted octanol–water partition coefficient (Wildman–Crippen LogP) is 1.07. The van der Waals surface area contributed by atoms with Crippen molar-refractivity contribution in [1.29, 1.82) is 0 Å². The molecule has 0 saturated carbocycles. The van der Waals surface area contributed by atoms with Crippen LogP contribution in [0.3, 0.4) is 0 Å². The van der Waals surface area contributed by atoms with Gasteiger partial charge in [0, 0.05) is 31.0 Å². The third kappa shape index (κ3) is 3.95. The Labute approximate surface area is 121 Å². The van der Waals surface area contributed by atoms with Crippen molar-refractivity contribution in [2.75, 3.05) is 13.1 Å². The molecule has 104 valence electrons. The van der Waals surface area contributed by atoms with Crippen LogP contribution in [-0.2, 0) is 6.54 Å². The molecule has 0 saturated heterocycles. The van der Waals surface area contributed by atoms with Crippen LogP contribution in [0.25, 0.3) is 0 Å². The molecule has 2 aromatic rings. The third-order valence-electron chi connectivity index (χ3n) is 2.63. The molecule has 0 atom stereocenters. The summed E-state index contributed by atoms with van der Waals surface area (Å²) in [5.74, 6) is 5.60. The summed E-state index contributed by atoms with van der Waals surface area (Å²) in [5, 5.41) is 4.77. The van der Waals surface area contributed by atoms with Crippen LogP contribution in [0.4, 0.5) is 0 Å². The molecule has 2 heterocycles. The van der Waals surface area contributed by atoms with Gasteiger partial charge in [0.25, 0.3) is 5.91 Å². The fourth-order valence-corrected chi connectivity index (χ4v) is 2.46. The highest BCUT2D eigenvalue weighted by Crippen LogP contribution is 2.15. The molecule has 0 aliphatic heterocycles. The minimum Gasteiger partial charge on any atom is -0.351 e. The van der Waals surface area contributed by atoms with Gasteiger partial charge in [-0.2, -0.15) is 0 Å². The van der Waals surface area contributed by atoms with Crippen molar-refractivity contribution < 1.29 is 4.79 Å². The lowest BCUT2D eigenvalue weighted by atomic mass is 10.2. The number of imidazole rings is 1. The number of aryl methyl sites for hydroxylation is 1. The molecule has 0 radical (unpaired) electrons. The zero-order valence-electron chi connectivity index (χ0n) is 11.0. The Bertz CT molecular complexity index is 607. The number of carbonyl (C=O) groups excluding carboxylic acids is 1. The topological polar surface area (TPSA) is 72.9 Å². The standard InChI is InChI=1S/C14H16N4OS/c15-5-1-3-12-4-10-20-13(12)14(19)17-6-2-8-18-9-7-16-11-18/h4,7,9-11H,2,5-6,8,15H2,(H,17,19). The van der Waals surface area contributed by atoms with Gasteiger partial charge in [0.15, 0.2) is 0 Å². The molecule has 0 aliphatic rings. The van der Waals surface area contributed by atoms with Gasteiger partial charge < -0.3 is 15.6 Å². The number of amides is 1. The number of thiophene rings is 1. The molecule has 0 aromatic carbocycles. The number of nitrogens with two attached hydrogens (primary N) is 1. The molecule has 2 rings (SSSR count). The Kier molecular flexibility index (Phi) is 5.35. The Morgan fingerprint density at radius 3 is 3.20 bits per heavy atom. The number of carbonyl (C=O) groups is 1. The number of hydrogen-bond acceptors (Lipinski definition) is 4. The van der Waals surface area contributed by atoms with Gasteiger partial charge in [-0.05, 0) is 17.9 Å². The van der Waals surface area contributed by atoms with Gasteiger partial charge in [-0.15, -0.1) is 11.3 Å². The first kappa shape index (κ1) is 14.3. The average Bonchev–Trinajstić information content (AvgIpc) is 3.12. The molecule has 0 spiro atoms. The minimum atomic E-state index is -0.0769. The van der Waals surface area contributed by atoms with Gasteiger partial charge in [0.05, 0.1) is 12.9 Å². The van der Waals surface area contributed by atoms with Gasteiger partial charge in [0.1, 0.15) is 4.88 Å². The summed E-state index contributed by atoms with van der Waals surface area (Å²) in [4.78, 5) is 16.6. The molecule has 6 heteroatoms. The Balaban J connectivity index is 1.81. The van der Waals surface area contributed by atoms with E-state index in [-0.39, 0.29) is 5.91 Å². The van der Waals surface area contributed by atoms with E-state index in [1.165, 1.54) is 11.3 Å². The first-order valence-corrected chi connectivity index (χ1v) is 7.19. The van der Waals surface area contributed by atoms with E-state index in [0.717, 1.165) is 18.5 Å². The van der Waals surface area contributed by atoms with Crippen LogP contribution in [0.1, 0.15) is 21.7 Å².